The molecule has 0 saturated carbocycles. The molecule has 0 radical (unpaired) electrons. The van der Waals surface area contributed by atoms with Gasteiger partial charge in [0.05, 0.1) is 19.9 Å². The number of nitrogens with one attached hydrogen (secondary N) is 2. The van der Waals surface area contributed by atoms with Gasteiger partial charge in [-0.15, -0.1) is 0 Å². The van der Waals surface area contributed by atoms with E-state index < -0.39 is 17.9 Å². The maximum Gasteiger partial charge on any atom is 0.328 e. The van der Waals surface area contributed by atoms with E-state index in [0.717, 1.165) is 27.7 Å². The molecule has 9 heteroatoms. The van der Waals surface area contributed by atoms with Crippen molar-refractivity contribution in [1.29, 1.82) is 0 Å². The number of H-pyrrole nitrogens is 1. The Labute approximate surface area is 236 Å². The second kappa shape index (κ2) is 11.9. The van der Waals surface area contributed by atoms with Gasteiger partial charge in [0.25, 0.3) is 0 Å². The molecule has 3 aromatic carbocycles. The highest BCUT2D eigenvalue weighted by atomic mass is 35.5. The minimum Gasteiger partial charge on any atom is -0.497 e. The Balaban J connectivity index is 1.42. The van der Waals surface area contributed by atoms with Crippen LogP contribution in [0.15, 0.2) is 91.3 Å². The van der Waals surface area contributed by atoms with Gasteiger partial charge in [0.2, 0.25) is 5.91 Å². The molecule has 8 nitrogen and oxygen atoms in total. The zero-order chi connectivity index (χ0) is 28.1. The number of benzene rings is 3. The van der Waals surface area contributed by atoms with Crippen LogP contribution in [0.4, 0.5) is 0 Å². The van der Waals surface area contributed by atoms with Crippen molar-refractivity contribution in [1.82, 2.24) is 20.1 Å². The summed E-state index contributed by atoms with van der Waals surface area (Å²) in [6.07, 6.45) is 6.98. The predicted octanol–water partition coefficient (Wildman–Crippen LogP) is 5.60. The molecular weight excluding hydrogens is 528 g/mol. The van der Waals surface area contributed by atoms with Crippen LogP contribution in [-0.2, 0) is 20.7 Å². The standard InChI is InChI=1S/C31H27ClN4O4/c1-39-25-10-5-7-20(15-25)30-21(19-36(35-30)24-9-6-8-23(32)17-24)13-14-29(37)34-28(31(38)40-2)16-22-18-33-27-12-4-3-11-26(22)27/h3-15,17-19,28,33H,16H2,1-2H3,(H,34,37)/b14-13-/t28-/m0/s1. The minimum atomic E-state index is -0.867. The molecule has 0 spiro atoms. The zero-order valence-corrected chi connectivity index (χ0v) is 22.7. The number of esters is 1. The van der Waals surface area contributed by atoms with E-state index in [1.807, 2.05) is 73.1 Å². The van der Waals surface area contributed by atoms with Crippen LogP contribution in [0.3, 0.4) is 0 Å². The number of nitrogens with zero attached hydrogens (tertiary/aromatic N) is 2. The number of aromatic amines is 1. The van der Waals surface area contributed by atoms with E-state index in [9.17, 15) is 9.59 Å². The summed E-state index contributed by atoms with van der Waals surface area (Å²) in [6.45, 7) is 0. The van der Waals surface area contributed by atoms with Crippen molar-refractivity contribution in [2.24, 2.45) is 0 Å². The van der Waals surface area contributed by atoms with E-state index in [1.165, 1.54) is 13.2 Å². The summed E-state index contributed by atoms with van der Waals surface area (Å²) < 4.78 is 12.1. The quantitative estimate of drug-likeness (QED) is 0.183. The van der Waals surface area contributed by atoms with Gasteiger partial charge in [-0.25, -0.2) is 9.48 Å². The number of hydrogen-bond donors (Lipinski definition) is 2. The highest BCUT2D eigenvalue weighted by molar-refractivity contribution is 6.30. The number of methoxy groups -OCH3 is 2. The number of carbonyl (C=O) groups excluding carboxylic acids is 2. The van der Waals surface area contributed by atoms with Crippen molar-refractivity contribution in [3.8, 4) is 22.7 Å². The summed E-state index contributed by atoms with van der Waals surface area (Å²) in [5.74, 6) is -0.291. The summed E-state index contributed by atoms with van der Waals surface area (Å²) in [4.78, 5) is 28.8. The number of ether oxygens (including phenoxy) is 2. The molecule has 202 valence electrons. The van der Waals surface area contributed by atoms with Gasteiger partial charge in [0.1, 0.15) is 17.5 Å². The fourth-order valence-corrected chi connectivity index (χ4v) is 4.68. The molecule has 1 amide bonds. The maximum absolute atomic E-state index is 13.0. The van der Waals surface area contributed by atoms with Crippen molar-refractivity contribution < 1.29 is 19.1 Å². The molecule has 0 bridgehead atoms. The lowest BCUT2D eigenvalue weighted by Gasteiger charge is -2.15. The lowest BCUT2D eigenvalue weighted by Crippen LogP contribution is -2.42. The van der Waals surface area contributed by atoms with Gasteiger partial charge in [-0.1, -0.05) is 48.0 Å². The largest absolute Gasteiger partial charge is 0.497 e. The fraction of sp³-hybridized carbons (Fsp3) is 0.129. The number of rotatable bonds is 9. The Hall–Kier alpha value is -4.82. The monoisotopic (exact) mass is 554 g/mol. The number of aromatic nitrogens is 3. The van der Waals surface area contributed by atoms with Crippen molar-refractivity contribution >= 4 is 40.5 Å². The number of para-hydroxylation sites is 1. The average molecular weight is 555 g/mol. The van der Waals surface area contributed by atoms with Crippen LogP contribution in [0.5, 0.6) is 5.75 Å². The van der Waals surface area contributed by atoms with E-state index in [1.54, 1.807) is 30.0 Å². The minimum absolute atomic E-state index is 0.276. The van der Waals surface area contributed by atoms with Gasteiger partial charge in [0, 0.05) is 51.9 Å². The second-order valence-corrected chi connectivity index (χ2v) is 9.51. The Morgan fingerprint density at radius 3 is 2.70 bits per heavy atom. The number of halogens is 1. The Kier molecular flexibility index (Phi) is 7.98. The van der Waals surface area contributed by atoms with Crippen LogP contribution in [-0.4, -0.2) is 46.9 Å². The molecule has 5 aromatic rings. The number of carbonyl (C=O) groups is 2. The SMILES string of the molecule is COC(=O)[C@H](Cc1c[nH]c2ccccc12)NC(=O)/C=C\c1cn(-c2cccc(Cl)c2)nc1-c1cccc(OC)c1. The molecule has 0 saturated heterocycles. The normalized spacial score (nSPS) is 12.0. The Bertz CT molecular complexity index is 1700. The van der Waals surface area contributed by atoms with Crippen molar-refractivity contribution in [2.45, 2.75) is 12.5 Å². The maximum atomic E-state index is 13.0. The van der Waals surface area contributed by atoms with Crippen LogP contribution in [0.25, 0.3) is 33.9 Å². The molecule has 1 atom stereocenters. The summed E-state index contributed by atoms with van der Waals surface area (Å²) in [5.41, 5.74) is 4.77. The molecule has 0 fully saturated rings. The molecule has 40 heavy (non-hydrogen) atoms. The highest BCUT2D eigenvalue weighted by Gasteiger charge is 2.23. The Morgan fingerprint density at radius 2 is 1.90 bits per heavy atom. The fourth-order valence-electron chi connectivity index (χ4n) is 4.50. The summed E-state index contributed by atoms with van der Waals surface area (Å²) >= 11 is 6.21. The topological polar surface area (TPSA) is 98.2 Å². The van der Waals surface area contributed by atoms with Crippen LogP contribution in [0.1, 0.15) is 11.1 Å². The van der Waals surface area contributed by atoms with Crippen molar-refractivity contribution in [3.05, 3.63) is 107 Å². The lowest BCUT2D eigenvalue weighted by molar-refractivity contribution is -0.144. The highest BCUT2D eigenvalue weighted by Crippen LogP contribution is 2.28. The number of fused-ring (bicyclic) bond motifs is 1. The van der Waals surface area contributed by atoms with Crippen LogP contribution in [0.2, 0.25) is 5.02 Å². The molecule has 0 aliphatic rings. The van der Waals surface area contributed by atoms with Gasteiger partial charge < -0.3 is 19.8 Å². The van der Waals surface area contributed by atoms with Crippen LogP contribution < -0.4 is 10.1 Å². The number of amides is 1. The smallest absolute Gasteiger partial charge is 0.328 e. The first-order valence-electron chi connectivity index (χ1n) is 12.6. The van der Waals surface area contributed by atoms with Crippen molar-refractivity contribution in [2.75, 3.05) is 14.2 Å². The second-order valence-electron chi connectivity index (χ2n) is 9.07. The predicted molar refractivity (Wildman–Crippen MR) is 156 cm³/mol. The van der Waals surface area contributed by atoms with E-state index in [4.69, 9.17) is 26.2 Å². The molecule has 0 unspecified atom stereocenters. The van der Waals surface area contributed by atoms with E-state index in [2.05, 4.69) is 10.3 Å². The van der Waals surface area contributed by atoms with E-state index in [0.29, 0.717) is 22.0 Å². The van der Waals surface area contributed by atoms with E-state index in [-0.39, 0.29) is 6.42 Å². The lowest BCUT2D eigenvalue weighted by atomic mass is 10.0. The van der Waals surface area contributed by atoms with Crippen LogP contribution in [0, 0.1) is 0 Å². The van der Waals surface area contributed by atoms with Crippen LogP contribution >= 0.6 is 11.6 Å². The first-order chi connectivity index (χ1) is 19.4. The Morgan fingerprint density at radius 1 is 1.07 bits per heavy atom. The third kappa shape index (κ3) is 5.92. The number of hydrogen-bond acceptors (Lipinski definition) is 5. The molecule has 2 N–H and O–H groups in total. The summed E-state index contributed by atoms with van der Waals surface area (Å²) in [7, 11) is 2.90. The molecule has 0 aliphatic carbocycles. The van der Waals surface area contributed by atoms with E-state index >= 15 is 0 Å². The molecular formula is C31H27ClN4O4. The molecule has 0 aliphatic heterocycles. The van der Waals surface area contributed by atoms with Gasteiger partial charge in [-0.05, 0) is 48.0 Å². The molecule has 5 rings (SSSR count). The average Bonchev–Trinajstić information content (AvgIpc) is 3.60. The zero-order valence-electron chi connectivity index (χ0n) is 21.9. The molecule has 2 heterocycles. The first-order valence-corrected chi connectivity index (χ1v) is 12.9. The first kappa shape index (κ1) is 26.8. The van der Waals surface area contributed by atoms with Crippen molar-refractivity contribution in [3.63, 3.8) is 0 Å². The van der Waals surface area contributed by atoms with Gasteiger partial charge >= 0.3 is 5.97 Å². The summed E-state index contributed by atoms with van der Waals surface area (Å²) in [6, 6.07) is 21.7. The summed E-state index contributed by atoms with van der Waals surface area (Å²) in [5, 5.41) is 9.12. The molecule has 2 aromatic heterocycles. The van der Waals surface area contributed by atoms with Gasteiger partial charge in [-0.3, -0.25) is 4.79 Å². The third-order valence-corrected chi connectivity index (χ3v) is 6.71. The van der Waals surface area contributed by atoms with Gasteiger partial charge in [-0.2, -0.15) is 5.10 Å². The van der Waals surface area contributed by atoms with Gasteiger partial charge in [0.15, 0.2) is 0 Å². The third-order valence-electron chi connectivity index (χ3n) is 6.47.